The van der Waals surface area contributed by atoms with E-state index in [0.29, 0.717) is 36.0 Å². The van der Waals surface area contributed by atoms with Crippen LogP contribution in [-0.2, 0) is 13.1 Å². The largest absolute Gasteiger partial charge is 0.330 e. The molecule has 3 heterocycles. The van der Waals surface area contributed by atoms with Gasteiger partial charge in [0.15, 0.2) is 11.2 Å². The third kappa shape index (κ3) is 3.26. The number of rotatable bonds is 5. The minimum atomic E-state index is -0.418. The lowest BCUT2D eigenvalue weighted by Gasteiger charge is -2.12. The fourth-order valence-electron chi connectivity index (χ4n) is 2.97. The topological polar surface area (TPSA) is 85.6 Å². The van der Waals surface area contributed by atoms with Gasteiger partial charge in [0.1, 0.15) is 5.82 Å². The van der Waals surface area contributed by atoms with E-state index in [1.165, 1.54) is 0 Å². The molecule has 0 fully saturated rings. The summed E-state index contributed by atoms with van der Waals surface area (Å²) in [5, 5.41) is 0. The van der Waals surface area contributed by atoms with Gasteiger partial charge in [-0.15, -0.1) is 0 Å². The van der Waals surface area contributed by atoms with Gasteiger partial charge in [-0.2, -0.15) is 0 Å². The second-order valence-electron chi connectivity index (χ2n) is 7.12. The first-order chi connectivity index (χ1) is 11.9. The molecule has 0 amide bonds. The van der Waals surface area contributed by atoms with Crippen molar-refractivity contribution in [1.82, 2.24) is 24.1 Å². The minimum absolute atomic E-state index is 0.254. The molecule has 0 bridgehead atoms. The molecular weight excluding hydrogens is 318 g/mol. The highest BCUT2D eigenvalue weighted by Crippen LogP contribution is 2.23. The van der Waals surface area contributed by atoms with Crippen LogP contribution in [0.5, 0.6) is 0 Å². The highest BCUT2D eigenvalue weighted by molar-refractivity contribution is 5.76. The summed E-state index contributed by atoms with van der Waals surface area (Å²) in [5.74, 6) is 1.23. The van der Waals surface area contributed by atoms with Gasteiger partial charge in [0.2, 0.25) is 0 Å². The van der Waals surface area contributed by atoms with Gasteiger partial charge in [0, 0.05) is 31.0 Å². The van der Waals surface area contributed by atoms with E-state index in [4.69, 9.17) is 0 Å². The maximum atomic E-state index is 12.5. The summed E-state index contributed by atoms with van der Waals surface area (Å²) < 4.78 is 3.45. The predicted molar refractivity (Wildman–Crippen MR) is 97.5 cm³/mol. The van der Waals surface area contributed by atoms with E-state index in [1.54, 1.807) is 17.0 Å². The molecule has 0 aliphatic rings. The molecule has 0 spiro atoms. The van der Waals surface area contributed by atoms with Crippen LogP contribution in [0.15, 0.2) is 34.1 Å². The standard InChI is InChI=1S/C18H23N5O2/c1-11(2)9-22-14-16(20-15(22)13-6-5-7-19-8-13)23(10-12(3)4)18(25)21-17(14)24/h5-8,11-12H,9-10H2,1-4H3,(H,21,24,25). The lowest BCUT2D eigenvalue weighted by Crippen LogP contribution is -2.32. The monoisotopic (exact) mass is 341 g/mol. The number of fused-ring (bicyclic) bond motifs is 1. The SMILES string of the molecule is CC(C)Cn1c(-c2cccnc2)nc2c1c(=O)[nH]c(=O)n2CC(C)C. The zero-order valence-corrected chi connectivity index (χ0v) is 15.0. The summed E-state index contributed by atoms with van der Waals surface area (Å²) in [6.45, 7) is 9.34. The smallest absolute Gasteiger partial charge is 0.318 e. The summed E-state index contributed by atoms with van der Waals surface area (Å²) in [6, 6.07) is 3.74. The number of pyridine rings is 1. The van der Waals surface area contributed by atoms with Crippen LogP contribution < -0.4 is 11.2 Å². The van der Waals surface area contributed by atoms with Crippen molar-refractivity contribution in [3.05, 3.63) is 45.4 Å². The molecule has 3 aromatic heterocycles. The Morgan fingerprint density at radius 1 is 1.08 bits per heavy atom. The third-order valence-corrected chi connectivity index (χ3v) is 3.90. The Morgan fingerprint density at radius 3 is 2.36 bits per heavy atom. The molecule has 25 heavy (non-hydrogen) atoms. The number of hydrogen-bond donors (Lipinski definition) is 1. The number of aromatic amines is 1. The van der Waals surface area contributed by atoms with Crippen LogP contribution >= 0.6 is 0 Å². The van der Waals surface area contributed by atoms with Crippen molar-refractivity contribution in [2.75, 3.05) is 0 Å². The molecule has 0 aromatic carbocycles. The molecule has 7 heteroatoms. The van der Waals surface area contributed by atoms with E-state index < -0.39 is 11.2 Å². The van der Waals surface area contributed by atoms with Crippen LogP contribution in [0.1, 0.15) is 27.7 Å². The van der Waals surface area contributed by atoms with Crippen LogP contribution in [0, 0.1) is 11.8 Å². The minimum Gasteiger partial charge on any atom is -0.318 e. The average molecular weight is 341 g/mol. The fourth-order valence-corrected chi connectivity index (χ4v) is 2.97. The number of aromatic nitrogens is 5. The van der Waals surface area contributed by atoms with E-state index >= 15 is 0 Å². The van der Waals surface area contributed by atoms with Gasteiger partial charge in [-0.25, -0.2) is 9.78 Å². The highest BCUT2D eigenvalue weighted by atomic mass is 16.2. The van der Waals surface area contributed by atoms with Gasteiger partial charge in [-0.1, -0.05) is 27.7 Å². The first-order valence-electron chi connectivity index (χ1n) is 8.52. The lowest BCUT2D eigenvalue weighted by molar-refractivity contribution is 0.512. The molecule has 0 radical (unpaired) electrons. The fraction of sp³-hybridized carbons (Fsp3) is 0.444. The number of nitrogens with one attached hydrogen (secondary N) is 1. The highest BCUT2D eigenvalue weighted by Gasteiger charge is 2.20. The Labute approximate surface area is 145 Å². The quantitative estimate of drug-likeness (QED) is 0.771. The molecule has 132 valence electrons. The van der Waals surface area contributed by atoms with Crippen molar-refractivity contribution in [3.8, 4) is 11.4 Å². The maximum absolute atomic E-state index is 12.5. The molecule has 0 unspecified atom stereocenters. The lowest BCUT2D eigenvalue weighted by atomic mass is 10.2. The van der Waals surface area contributed by atoms with Crippen molar-refractivity contribution in [1.29, 1.82) is 0 Å². The normalized spacial score (nSPS) is 11.8. The first kappa shape index (κ1) is 17.1. The van der Waals surface area contributed by atoms with E-state index in [2.05, 4.69) is 28.8 Å². The molecule has 3 rings (SSSR count). The van der Waals surface area contributed by atoms with Crippen molar-refractivity contribution in [2.24, 2.45) is 11.8 Å². The Kier molecular flexibility index (Phi) is 4.57. The number of hydrogen-bond acceptors (Lipinski definition) is 4. The van der Waals surface area contributed by atoms with E-state index in [9.17, 15) is 9.59 Å². The van der Waals surface area contributed by atoms with Gasteiger partial charge in [0.25, 0.3) is 5.56 Å². The van der Waals surface area contributed by atoms with Gasteiger partial charge in [-0.3, -0.25) is 19.3 Å². The van der Waals surface area contributed by atoms with Crippen LogP contribution in [0.25, 0.3) is 22.6 Å². The van der Waals surface area contributed by atoms with Gasteiger partial charge in [-0.05, 0) is 24.0 Å². The third-order valence-electron chi connectivity index (χ3n) is 3.90. The van der Waals surface area contributed by atoms with Crippen LogP contribution in [0.4, 0.5) is 0 Å². The van der Waals surface area contributed by atoms with Crippen LogP contribution in [0.2, 0.25) is 0 Å². The number of imidazole rings is 1. The summed E-state index contributed by atoms with van der Waals surface area (Å²) >= 11 is 0. The van der Waals surface area contributed by atoms with Gasteiger partial charge < -0.3 is 4.57 Å². The average Bonchev–Trinajstić information content (AvgIpc) is 2.91. The Hall–Kier alpha value is -2.70. The zero-order chi connectivity index (χ0) is 18.1. The maximum Gasteiger partial charge on any atom is 0.330 e. The van der Waals surface area contributed by atoms with Gasteiger partial charge >= 0.3 is 5.69 Å². The summed E-state index contributed by atoms with van der Waals surface area (Å²) in [6.07, 6.45) is 3.41. The molecule has 7 nitrogen and oxygen atoms in total. The molecule has 0 atom stereocenters. The molecular formula is C18H23N5O2. The van der Waals surface area contributed by atoms with Crippen molar-refractivity contribution >= 4 is 11.2 Å². The van der Waals surface area contributed by atoms with Crippen molar-refractivity contribution in [3.63, 3.8) is 0 Å². The van der Waals surface area contributed by atoms with Crippen LogP contribution in [0.3, 0.4) is 0 Å². The van der Waals surface area contributed by atoms with Crippen LogP contribution in [-0.4, -0.2) is 24.1 Å². The van der Waals surface area contributed by atoms with E-state index in [1.807, 2.05) is 30.5 Å². The van der Waals surface area contributed by atoms with E-state index in [0.717, 1.165) is 5.56 Å². The number of nitrogens with zero attached hydrogens (tertiary/aromatic N) is 4. The zero-order valence-electron chi connectivity index (χ0n) is 15.0. The second-order valence-corrected chi connectivity index (χ2v) is 7.12. The Bertz CT molecular complexity index is 996. The summed E-state index contributed by atoms with van der Waals surface area (Å²) in [7, 11) is 0. The number of H-pyrrole nitrogens is 1. The van der Waals surface area contributed by atoms with Crippen molar-refractivity contribution < 1.29 is 0 Å². The molecule has 0 aliphatic heterocycles. The molecule has 0 saturated carbocycles. The van der Waals surface area contributed by atoms with Crippen molar-refractivity contribution in [2.45, 2.75) is 40.8 Å². The molecule has 3 aromatic rings. The predicted octanol–water partition coefficient (Wildman–Crippen LogP) is 2.26. The Balaban J connectivity index is 2.38. The first-order valence-corrected chi connectivity index (χ1v) is 8.52. The second kappa shape index (κ2) is 6.66. The van der Waals surface area contributed by atoms with E-state index in [-0.39, 0.29) is 5.92 Å². The molecule has 1 N–H and O–H groups in total. The summed E-state index contributed by atoms with van der Waals surface area (Å²) in [4.78, 5) is 36.1. The molecule has 0 aliphatic carbocycles. The van der Waals surface area contributed by atoms with Gasteiger partial charge in [0.05, 0.1) is 0 Å². The Morgan fingerprint density at radius 2 is 1.76 bits per heavy atom. The summed E-state index contributed by atoms with van der Waals surface area (Å²) in [5.41, 5.74) is 0.874. The molecule has 0 saturated heterocycles.